The molecule has 0 amide bonds. The summed E-state index contributed by atoms with van der Waals surface area (Å²) in [5, 5.41) is 12.1. The Balaban J connectivity index is 2.23. The molecule has 7 heteroatoms. The molecule has 0 fully saturated rings. The van der Waals surface area contributed by atoms with E-state index in [1.807, 2.05) is 12.3 Å². The van der Waals surface area contributed by atoms with Crippen LogP contribution in [0.4, 0.5) is 5.69 Å². The molecule has 0 saturated heterocycles. The first-order chi connectivity index (χ1) is 8.97. The molecule has 1 aromatic carbocycles. The fourth-order valence-corrected chi connectivity index (χ4v) is 2.24. The number of carboxylic acids is 1. The van der Waals surface area contributed by atoms with Crippen LogP contribution in [-0.4, -0.2) is 16.1 Å². The molecule has 100 valence electrons. The molecule has 5 nitrogen and oxygen atoms in total. The highest BCUT2D eigenvalue weighted by molar-refractivity contribution is 7.09. The van der Waals surface area contributed by atoms with Crippen LogP contribution in [0.15, 0.2) is 17.5 Å². The zero-order valence-electron chi connectivity index (χ0n) is 10.0. The Morgan fingerprint density at radius 2 is 2.32 bits per heavy atom. The summed E-state index contributed by atoms with van der Waals surface area (Å²) in [6.07, 6.45) is 0. The number of carboxylic acid groups (broad SMARTS) is 1. The van der Waals surface area contributed by atoms with Crippen molar-refractivity contribution in [3.05, 3.63) is 38.8 Å². The average molecular weight is 299 g/mol. The highest BCUT2D eigenvalue weighted by Gasteiger charge is 2.15. The number of nitrogens with zero attached hydrogens (tertiary/aromatic N) is 1. The lowest BCUT2D eigenvalue weighted by Gasteiger charge is -2.10. The summed E-state index contributed by atoms with van der Waals surface area (Å²) in [5.74, 6) is -0.939. The molecule has 2 rings (SSSR count). The topological polar surface area (TPSA) is 85.4 Å². The number of hydrogen-bond acceptors (Lipinski definition) is 5. The van der Waals surface area contributed by atoms with Gasteiger partial charge in [0.2, 0.25) is 0 Å². The highest BCUT2D eigenvalue weighted by Crippen LogP contribution is 2.29. The van der Waals surface area contributed by atoms with E-state index >= 15 is 0 Å². The molecule has 0 radical (unpaired) electrons. The summed E-state index contributed by atoms with van der Waals surface area (Å²) in [4.78, 5) is 15.3. The number of rotatable bonds is 4. The standard InChI is InChI=1S/C12H11ClN2O3S/c1-6-15-7(5-19-6)4-18-11-3-10(14)9(13)2-8(11)12(16)17/h2-3,5H,4,14H2,1H3,(H,16,17). The monoisotopic (exact) mass is 298 g/mol. The van der Waals surface area contributed by atoms with Crippen molar-refractivity contribution in [3.63, 3.8) is 0 Å². The van der Waals surface area contributed by atoms with Gasteiger partial charge >= 0.3 is 5.97 Å². The number of aromatic nitrogens is 1. The smallest absolute Gasteiger partial charge is 0.339 e. The third kappa shape index (κ3) is 3.15. The Morgan fingerprint density at radius 3 is 2.89 bits per heavy atom. The first kappa shape index (κ1) is 13.6. The fourth-order valence-electron chi connectivity index (χ4n) is 1.48. The van der Waals surface area contributed by atoms with Gasteiger partial charge in [-0.3, -0.25) is 0 Å². The van der Waals surface area contributed by atoms with Crippen LogP contribution in [-0.2, 0) is 6.61 Å². The summed E-state index contributed by atoms with van der Waals surface area (Å²) in [5.41, 5.74) is 6.64. The van der Waals surface area contributed by atoms with Crippen molar-refractivity contribution in [3.8, 4) is 5.75 Å². The van der Waals surface area contributed by atoms with E-state index < -0.39 is 5.97 Å². The van der Waals surface area contributed by atoms with E-state index in [1.165, 1.54) is 23.5 Å². The van der Waals surface area contributed by atoms with Crippen molar-refractivity contribution < 1.29 is 14.6 Å². The van der Waals surface area contributed by atoms with Gasteiger partial charge in [0.1, 0.15) is 17.9 Å². The maximum atomic E-state index is 11.1. The largest absolute Gasteiger partial charge is 0.486 e. The molecule has 2 aromatic rings. The number of aromatic carboxylic acids is 1. The number of aryl methyl sites for hydroxylation is 1. The Hall–Kier alpha value is -1.79. The van der Waals surface area contributed by atoms with E-state index in [2.05, 4.69) is 4.98 Å². The van der Waals surface area contributed by atoms with Crippen molar-refractivity contribution >= 4 is 34.6 Å². The molecule has 0 saturated carbocycles. The number of carbonyl (C=O) groups is 1. The van der Waals surface area contributed by atoms with Crippen molar-refractivity contribution in [1.82, 2.24) is 4.98 Å². The molecule has 3 N–H and O–H groups in total. The van der Waals surface area contributed by atoms with Gasteiger partial charge in [-0.2, -0.15) is 0 Å². The predicted octanol–water partition coefficient (Wildman–Crippen LogP) is 2.96. The number of nitrogen functional groups attached to an aromatic ring is 1. The number of anilines is 1. The third-order valence-electron chi connectivity index (χ3n) is 2.37. The quantitative estimate of drug-likeness (QED) is 0.848. The third-order valence-corrected chi connectivity index (χ3v) is 3.52. The lowest BCUT2D eigenvalue weighted by Crippen LogP contribution is -2.05. The Morgan fingerprint density at radius 1 is 1.58 bits per heavy atom. The fraction of sp³-hybridized carbons (Fsp3) is 0.167. The number of ether oxygens (including phenoxy) is 1. The number of thiazole rings is 1. The summed E-state index contributed by atoms with van der Waals surface area (Å²) in [6, 6.07) is 2.69. The molecule has 1 heterocycles. The van der Waals surface area contributed by atoms with E-state index in [0.29, 0.717) is 0 Å². The number of benzene rings is 1. The van der Waals surface area contributed by atoms with E-state index in [0.717, 1.165) is 10.7 Å². The summed E-state index contributed by atoms with van der Waals surface area (Å²) in [6.45, 7) is 2.07. The number of nitrogens with two attached hydrogens (primary N) is 1. The zero-order valence-corrected chi connectivity index (χ0v) is 11.6. The molecular formula is C12H11ClN2O3S. The van der Waals surface area contributed by atoms with Gasteiger partial charge in [-0.25, -0.2) is 9.78 Å². The van der Waals surface area contributed by atoms with Crippen molar-refractivity contribution in [1.29, 1.82) is 0 Å². The molecule has 0 spiro atoms. The van der Waals surface area contributed by atoms with Crippen LogP contribution in [0.1, 0.15) is 21.1 Å². The minimum atomic E-state index is -1.12. The highest BCUT2D eigenvalue weighted by atomic mass is 35.5. The second kappa shape index (κ2) is 5.46. The van der Waals surface area contributed by atoms with Crippen molar-refractivity contribution in [2.24, 2.45) is 0 Å². The Bertz CT molecular complexity index is 627. The number of hydrogen-bond donors (Lipinski definition) is 2. The van der Waals surface area contributed by atoms with Crippen molar-refractivity contribution in [2.45, 2.75) is 13.5 Å². The van der Waals surface area contributed by atoms with Crippen LogP contribution in [0.3, 0.4) is 0 Å². The molecule has 0 aliphatic rings. The minimum absolute atomic E-state index is 0.0221. The maximum absolute atomic E-state index is 11.1. The SMILES string of the molecule is Cc1nc(COc2cc(N)c(Cl)cc2C(=O)O)cs1. The van der Waals surface area contributed by atoms with Gasteiger partial charge in [0.05, 0.1) is 21.4 Å². The first-order valence-electron chi connectivity index (χ1n) is 5.33. The van der Waals surface area contributed by atoms with Crippen LogP contribution in [0.5, 0.6) is 5.75 Å². The first-order valence-corrected chi connectivity index (χ1v) is 6.59. The van der Waals surface area contributed by atoms with Gasteiger partial charge in [0.25, 0.3) is 0 Å². The van der Waals surface area contributed by atoms with E-state index in [1.54, 1.807) is 0 Å². The van der Waals surface area contributed by atoms with E-state index in [-0.39, 0.29) is 28.6 Å². The molecule has 1 aromatic heterocycles. The second-order valence-corrected chi connectivity index (χ2v) is 5.29. The van der Waals surface area contributed by atoms with Crippen LogP contribution < -0.4 is 10.5 Å². The van der Waals surface area contributed by atoms with Gasteiger partial charge in [0.15, 0.2) is 0 Å². The van der Waals surface area contributed by atoms with Gasteiger partial charge in [0, 0.05) is 11.4 Å². The van der Waals surface area contributed by atoms with Gasteiger partial charge in [-0.15, -0.1) is 11.3 Å². The van der Waals surface area contributed by atoms with Gasteiger partial charge in [-0.05, 0) is 13.0 Å². The maximum Gasteiger partial charge on any atom is 0.339 e. The Labute approximate surface area is 118 Å². The average Bonchev–Trinajstić information content (AvgIpc) is 2.76. The molecule has 0 aliphatic heterocycles. The van der Waals surface area contributed by atoms with Crippen LogP contribution in [0, 0.1) is 6.92 Å². The van der Waals surface area contributed by atoms with Crippen LogP contribution >= 0.6 is 22.9 Å². The number of halogens is 1. The summed E-state index contributed by atoms with van der Waals surface area (Å²) in [7, 11) is 0. The summed E-state index contributed by atoms with van der Waals surface area (Å²) < 4.78 is 5.46. The zero-order chi connectivity index (χ0) is 14.0. The van der Waals surface area contributed by atoms with Crippen molar-refractivity contribution in [2.75, 3.05) is 5.73 Å². The molecule has 0 bridgehead atoms. The van der Waals surface area contributed by atoms with E-state index in [9.17, 15) is 4.79 Å². The molecular weight excluding hydrogens is 288 g/mol. The lowest BCUT2D eigenvalue weighted by molar-refractivity contribution is 0.0691. The minimum Gasteiger partial charge on any atom is -0.486 e. The predicted molar refractivity (Wildman–Crippen MR) is 74.0 cm³/mol. The van der Waals surface area contributed by atoms with Crippen LogP contribution in [0.2, 0.25) is 5.02 Å². The second-order valence-electron chi connectivity index (χ2n) is 3.82. The normalized spacial score (nSPS) is 10.4. The molecule has 0 atom stereocenters. The van der Waals surface area contributed by atoms with Crippen LogP contribution in [0.25, 0.3) is 0 Å². The molecule has 19 heavy (non-hydrogen) atoms. The molecule has 0 unspecified atom stereocenters. The lowest BCUT2D eigenvalue weighted by atomic mass is 10.2. The van der Waals surface area contributed by atoms with Gasteiger partial charge in [-0.1, -0.05) is 11.6 Å². The molecule has 0 aliphatic carbocycles. The van der Waals surface area contributed by atoms with Gasteiger partial charge < -0.3 is 15.6 Å². The summed E-state index contributed by atoms with van der Waals surface area (Å²) >= 11 is 7.30. The van der Waals surface area contributed by atoms with E-state index in [4.69, 9.17) is 27.2 Å². The Kier molecular flexibility index (Phi) is 3.92.